The molecule has 0 saturated heterocycles. The van der Waals surface area contributed by atoms with Gasteiger partial charge in [0.1, 0.15) is 11.6 Å². The van der Waals surface area contributed by atoms with Gasteiger partial charge in [0.25, 0.3) is 0 Å². The van der Waals surface area contributed by atoms with Gasteiger partial charge < -0.3 is 4.74 Å². The van der Waals surface area contributed by atoms with Crippen LogP contribution in [0.25, 0.3) is 11.4 Å². The number of hydrogen-bond donors (Lipinski definition) is 0. The Balaban J connectivity index is 1.50. The smallest absolute Gasteiger partial charge is 0.416 e. The molecule has 0 amide bonds. The van der Waals surface area contributed by atoms with Crippen molar-refractivity contribution < 1.29 is 22.3 Å². The Bertz CT molecular complexity index is 1050. The van der Waals surface area contributed by atoms with Crippen LogP contribution in [0.2, 0.25) is 0 Å². The number of hydrogen-bond acceptors (Lipinski definition) is 4. The molecule has 0 spiro atoms. The lowest BCUT2D eigenvalue weighted by Gasteiger charge is -2.28. The van der Waals surface area contributed by atoms with Gasteiger partial charge in [-0.25, -0.2) is 14.4 Å². The Hall–Kier alpha value is -3.00. The summed E-state index contributed by atoms with van der Waals surface area (Å²) >= 11 is 0. The van der Waals surface area contributed by atoms with Gasteiger partial charge >= 0.3 is 6.18 Å². The SMILES string of the molecule is COc1ccc(F)c(CN2CCc3nc(-c4ccc(C(F)(F)F)cc4)ncc3C2)c1. The molecule has 0 atom stereocenters. The third kappa shape index (κ3) is 4.28. The average molecular weight is 417 g/mol. The van der Waals surface area contributed by atoms with Crippen molar-refractivity contribution >= 4 is 0 Å². The molecule has 0 aliphatic carbocycles. The number of rotatable bonds is 4. The minimum absolute atomic E-state index is 0.282. The summed E-state index contributed by atoms with van der Waals surface area (Å²) < 4.78 is 57.5. The molecular formula is C22H19F4N3O. The maximum atomic E-state index is 14.1. The van der Waals surface area contributed by atoms with Gasteiger partial charge in [-0.2, -0.15) is 13.2 Å². The number of halogens is 4. The fourth-order valence-corrected chi connectivity index (χ4v) is 3.50. The molecule has 1 aliphatic rings. The van der Waals surface area contributed by atoms with Gasteiger partial charge in [-0.3, -0.25) is 4.90 Å². The Morgan fingerprint density at radius 2 is 1.87 bits per heavy atom. The maximum Gasteiger partial charge on any atom is 0.416 e. The summed E-state index contributed by atoms with van der Waals surface area (Å²) in [6.45, 7) is 1.69. The first-order valence-electron chi connectivity index (χ1n) is 9.40. The third-order valence-corrected chi connectivity index (χ3v) is 5.13. The van der Waals surface area contributed by atoms with Crippen LogP contribution >= 0.6 is 0 Å². The molecule has 0 N–H and O–H groups in total. The highest BCUT2D eigenvalue weighted by atomic mass is 19.4. The molecule has 30 heavy (non-hydrogen) atoms. The second kappa shape index (κ2) is 8.02. The molecule has 1 aliphatic heterocycles. The van der Waals surface area contributed by atoms with Crippen molar-refractivity contribution in [3.8, 4) is 17.1 Å². The van der Waals surface area contributed by atoms with E-state index in [-0.39, 0.29) is 5.82 Å². The van der Waals surface area contributed by atoms with Crippen LogP contribution in [-0.4, -0.2) is 28.5 Å². The lowest BCUT2D eigenvalue weighted by Crippen LogP contribution is -2.31. The van der Waals surface area contributed by atoms with Crippen LogP contribution in [-0.2, 0) is 25.7 Å². The summed E-state index contributed by atoms with van der Waals surface area (Å²) in [4.78, 5) is 11.0. The van der Waals surface area contributed by atoms with Gasteiger partial charge in [0.05, 0.1) is 18.4 Å². The summed E-state index contributed by atoms with van der Waals surface area (Å²) in [5, 5.41) is 0. The van der Waals surface area contributed by atoms with E-state index in [2.05, 4.69) is 14.9 Å². The summed E-state index contributed by atoms with van der Waals surface area (Å²) in [5.41, 5.74) is 2.18. The molecular weight excluding hydrogens is 398 g/mol. The van der Waals surface area contributed by atoms with Crippen molar-refractivity contribution in [3.05, 3.63) is 76.9 Å². The van der Waals surface area contributed by atoms with Crippen LogP contribution in [0.15, 0.2) is 48.7 Å². The highest BCUT2D eigenvalue weighted by Crippen LogP contribution is 2.31. The van der Waals surface area contributed by atoms with E-state index in [0.29, 0.717) is 48.8 Å². The third-order valence-electron chi connectivity index (χ3n) is 5.13. The number of methoxy groups -OCH3 is 1. The second-order valence-electron chi connectivity index (χ2n) is 7.16. The Morgan fingerprint density at radius 3 is 2.57 bits per heavy atom. The summed E-state index contributed by atoms with van der Waals surface area (Å²) in [6, 6.07) is 9.49. The monoisotopic (exact) mass is 417 g/mol. The maximum absolute atomic E-state index is 14.1. The van der Waals surface area contributed by atoms with E-state index in [9.17, 15) is 17.6 Å². The van der Waals surface area contributed by atoms with Crippen molar-refractivity contribution in [3.63, 3.8) is 0 Å². The molecule has 2 aromatic carbocycles. The Labute approximate surface area is 171 Å². The van der Waals surface area contributed by atoms with Crippen LogP contribution in [0.4, 0.5) is 17.6 Å². The Morgan fingerprint density at radius 1 is 1.10 bits per heavy atom. The van der Waals surface area contributed by atoms with E-state index >= 15 is 0 Å². The van der Waals surface area contributed by atoms with Gasteiger partial charge in [-0.05, 0) is 30.3 Å². The van der Waals surface area contributed by atoms with Gasteiger partial charge in [-0.15, -0.1) is 0 Å². The number of fused-ring (bicyclic) bond motifs is 1. The predicted molar refractivity (Wildman–Crippen MR) is 103 cm³/mol. The number of aromatic nitrogens is 2. The van der Waals surface area contributed by atoms with Crippen LogP contribution in [0, 0.1) is 5.82 Å². The van der Waals surface area contributed by atoms with Gasteiger partial charge in [0.15, 0.2) is 5.82 Å². The summed E-state index contributed by atoms with van der Waals surface area (Å²) in [5.74, 6) is 0.721. The first kappa shape index (κ1) is 20.3. The quantitative estimate of drug-likeness (QED) is 0.568. The van der Waals surface area contributed by atoms with Crippen molar-refractivity contribution in [1.29, 1.82) is 0 Å². The van der Waals surface area contributed by atoms with Crippen molar-refractivity contribution in [2.24, 2.45) is 0 Å². The highest BCUT2D eigenvalue weighted by Gasteiger charge is 2.30. The minimum Gasteiger partial charge on any atom is -0.497 e. The molecule has 4 nitrogen and oxygen atoms in total. The largest absolute Gasteiger partial charge is 0.497 e. The fraction of sp³-hybridized carbons (Fsp3) is 0.273. The lowest BCUT2D eigenvalue weighted by molar-refractivity contribution is -0.137. The van der Waals surface area contributed by atoms with E-state index in [1.807, 2.05) is 0 Å². The highest BCUT2D eigenvalue weighted by molar-refractivity contribution is 5.56. The number of ether oxygens (including phenoxy) is 1. The van der Waals surface area contributed by atoms with E-state index < -0.39 is 11.7 Å². The van der Waals surface area contributed by atoms with E-state index in [1.165, 1.54) is 18.2 Å². The summed E-state index contributed by atoms with van der Waals surface area (Å²) in [7, 11) is 1.54. The first-order chi connectivity index (χ1) is 14.3. The van der Waals surface area contributed by atoms with Crippen LogP contribution in [0.3, 0.4) is 0 Å². The van der Waals surface area contributed by atoms with Crippen LogP contribution in [0.5, 0.6) is 5.75 Å². The molecule has 156 valence electrons. The molecule has 0 saturated carbocycles. The van der Waals surface area contributed by atoms with Gasteiger partial charge in [0, 0.05) is 48.9 Å². The fourth-order valence-electron chi connectivity index (χ4n) is 3.50. The minimum atomic E-state index is -4.37. The first-order valence-corrected chi connectivity index (χ1v) is 9.40. The molecule has 0 fully saturated rings. The van der Waals surface area contributed by atoms with Gasteiger partial charge in [-0.1, -0.05) is 12.1 Å². The summed E-state index contributed by atoms with van der Waals surface area (Å²) in [6.07, 6.45) is -2.03. The van der Waals surface area contributed by atoms with Crippen molar-refractivity contribution in [1.82, 2.24) is 14.9 Å². The zero-order valence-electron chi connectivity index (χ0n) is 16.2. The molecule has 3 aromatic rings. The molecule has 0 radical (unpaired) electrons. The van der Waals surface area contributed by atoms with Crippen molar-refractivity contribution in [2.45, 2.75) is 25.7 Å². The molecule has 0 bridgehead atoms. The second-order valence-corrected chi connectivity index (χ2v) is 7.16. The Kier molecular flexibility index (Phi) is 5.42. The van der Waals surface area contributed by atoms with E-state index in [0.717, 1.165) is 23.4 Å². The average Bonchev–Trinajstić information content (AvgIpc) is 2.74. The molecule has 0 unspecified atom stereocenters. The number of alkyl halides is 3. The van der Waals surface area contributed by atoms with Crippen LogP contribution < -0.4 is 4.74 Å². The number of nitrogens with zero attached hydrogens (tertiary/aromatic N) is 3. The van der Waals surface area contributed by atoms with E-state index in [4.69, 9.17) is 4.74 Å². The zero-order valence-corrected chi connectivity index (χ0v) is 16.2. The lowest BCUT2D eigenvalue weighted by atomic mass is 10.0. The molecule has 8 heteroatoms. The zero-order chi connectivity index (χ0) is 21.3. The van der Waals surface area contributed by atoms with E-state index in [1.54, 1.807) is 25.4 Å². The molecule has 4 rings (SSSR count). The predicted octanol–water partition coefficient (Wildman–Crippen LogP) is 4.87. The molecule has 1 aromatic heterocycles. The standard InChI is InChI=1S/C22H19F4N3O/c1-30-18-6-7-19(23)15(10-18)12-29-9-8-20-16(13-29)11-27-21(28-20)14-2-4-17(5-3-14)22(24,25)26/h2-7,10-11H,8-9,12-13H2,1H3. The molecule has 2 heterocycles. The van der Waals surface area contributed by atoms with Crippen molar-refractivity contribution in [2.75, 3.05) is 13.7 Å². The van der Waals surface area contributed by atoms with Crippen LogP contribution in [0.1, 0.15) is 22.4 Å². The topological polar surface area (TPSA) is 38.2 Å². The normalized spacial score (nSPS) is 14.4. The number of benzene rings is 2. The van der Waals surface area contributed by atoms with Gasteiger partial charge in [0.2, 0.25) is 0 Å².